The molecule has 1 amide bonds. The van der Waals surface area contributed by atoms with Crippen LogP contribution < -0.4 is 10.6 Å². The maximum absolute atomic E-state index is 11.8. The summed E-state index contributed by atoms with van der Waals surface area (Å²) in [5.41, 5.74) is 0. The zero-order chi connectivity index (χ0) is 18.9. The van der Waals surface area contributed by atoms with Gasteiger partial charge in [-0.05, 0) is 52.0 Å². The van der Waals surface area contributed by atoms with Gasteiger partial charge in [0.2, 0.25) is 0 Å². The van der Waals surface area contributed by atoms with Crippen LogP contribution in [0.5, 0.6) is 0 Å². The fraction of sp³-hybridized carbons (Fsp3) is 0.895. The van der Waals surface area contributed by atoms with Gasteiger partial charge in [-0.2, -0.15) is 0 Å². The van der Waals surface area contributed by atoms with E-state index in [1.54, 1.807) is 4.90 Å². The molecule has 27 heavy (non-hydrogen) atoms. The number of rotatable bonds is 5. The van der Waals surface area contributed by atoms with E-state index in [0.29, 0.717) is 18.7 Å². The molecule has 2 fully saturated rings. The van der Waals surface area contributed by atoms with Gasteiger partial charge in [0.1, 0.15) is 0 Å². The van der Waals surface area contributed by atoms with Gasteiger partial charge in [0.15, 0.2) is 5.96 Å². The largest absolute Gasteiger partial charge is 0.450 e. The Kier molecular flexibility index (Phi) is 11.4. The zero-order valence-electron chi connectivity index (χ0n) is 17.4. The van der Waals surface area contributed by atoms with E-state index in [1.807, 2.05) is 14.0 Å². The van der Waals surface area contributed by atoms with E-state index >= 15 is 0 Å². The van der Waals surface area contributed by atoms with Crippen LogP contribution in [0.15, 0.2) is 4.99 Å². The van der Waals surface area contributed by atoms with Crippen LogP contribution in [-0.4, -0.2) is 80.3 Å². The van der Waals surface area contributed by atoms with E-state index in [1.165, 1.54) is 25.9 Å². The molecule has 2 rings (SSSR count). The second-order valence-corrected chi connectivity index (χ2v) is 7.65. The summed E-state index contributed by atoms with van der Waals surface area (Å²) in [6.45, 7) is 11.7. The number of ether oxygens (including phenoxy) is 1. The van der Waals surface area contributed by atoms with E-state index in [4.69, 9.17) is 4.74 Å². The Morgan fingerprint density at radius 3 is 2.56 bits per heavy atom. The Labute approximate surface area is 181 Å². The summed E-state index contributed by atoms with van der Waals surface area (Å²) in [4.78, 5) is 20.5. The van der Waals surface area contributed by atoms with Crippen molar-refractivity contribution in [2.24, 2.45) is 10.9 Å². The fourth-order valence-electron chi connectivity index (χ4n) is 3.81. The molecule has 7 nitrogen and oxygen atoms in total. The van der Waals surface area contributed by atoms with Crippen molar-refractivity contribution in [1.29, 1.82) is 0 Å². The van der Waals surface area contributed by atoms with Gasteiger partial charge in [-0.3, -0.25) is 9.89 Å². The predicted octanol–water partition coefficient (Wildman–Crippen LogP) is 2.51. The SMILES string of the molecule is CCOC(=O)N1CCC(NC(=NC)NCC(C)N2CCCC(C)C2)CC1.I. The molecule has 2 unspecified atom stereocenters. The molecule has 2 aliphatic rings. The van der Waals surface area contributed by atoms with Crippen molar-refractivity contribution in [3.05, 3.63) is 0 Å². The molecule has 0 aromatic rings. The van der Waals surface area contributed by atoms with Crippen LogP contribution in [0.2, 0.25) is 0 Å². The third-order valence-corrected chi connectivity index (χ3v) is 5.46. The van der Waals surface area contributed by atoms with E-state index in [-0.39, 0.29) is 30.1 Å². The highest BCUT2D eigenvalue weighted by molar-refractivity contribution is 14.0. The van der Waals surface area contributed by atoms with Gasteiger partial charge in [-0.25, -0.2) is 4.79 Å². The van der Waals surface area contributed by atoms with Crippen LogP contribution >= 0.6 is 24.0 Å². The van der Waals surface area contributed by atoms with Crippen molar-refractivity contribution >= 4 is 36.0 Å². The molecule has 158 valence electrons. The van der Waals surface area contributed by atoms with Gasteiger partial charge < -0.3 is 20.3 Å². The molecule has 0 aromatic heterocycles. The van der Waals surface area contributed by atoms with Crippen molar-refractivity contribution in [2.45, 2.75) is 58.5 Å². The number of aliphatic imine (C=N–C) groups is 1. The van der Waals surface area contributed by atoms with Gasteiger partial charge in [0.25, 0.3) is 0 Å². The second-order valence-electron chi connectivity index (χ2n) is 7.65. The number of piperidine rings is 2. The van der Waals surface area contributed by atoms with Crippen molar-refractivity contribution in [1.82, 2.24) is 20.4 Å². The number of guanidine groups is 1. The minimum atomic E-state index is -0.196. The van der Waals surface area contributed by atoms with Gasteiger partial charge in [-0.15, -0.1) is 24.0 Å². The van der Waals surface area contributed by atoms with E-state index in [9.17, 15) is 4.79 Å². The first-order chi connectivity index (χ1) is 12.5. The monoisotopic (exact) mass is 495 g/mol. The molecule has 0 bridgehead atoms. The molecule has 2 heterocycles. The Hall–Kier alpha value is -0.770. The highest BCUT2D eigenvalue weighted by atomic mass is 127. The Bertz CT molecular complexity index is 469. The van der Waals surface area contributed by atoms with E-state index in [2.05, 4.69) is 34.4 Å². The molecule has 0 aromatic carbocycles. The highest BCUT2D eigenvalue weighted by Gasteiger charge is 2.25. The van der Waals surface area contributed by atoms with Crippen molar-refractivity contribution in [2.75, 3.05) is 46.4 Å². The van der Waals surface area contributed by atoms with Gasteiger partial charge in [0, 0.05) is 45.3 Å². The molecule has 0 saturated carbocycles. The lowest BCUT2D eigenvalue weighted by atomic mass is 9.99. The summed E-state index contributed by atoms with van der Waals surface area (Å²) in [6, 6.07) is 0.846. The van der Waals surface area contributed by atoms with Crippen LogP contribution in [0.25, 0.3) is 0 Å². The summed E-state index contributed by atoms with van der Waals surface area (Å²) in [7, 11) is 1.82. The lowest BCUT2D eigenvalue weighted by Crippen LogP contribution is -2.52. The molecule has 2 saturated heterocycles. The summed E-state index contributed by atoms with van der Waals surface area (Å²) in [5.74, 6) is 1.66. The Morgan fingerprint density at radius 1 is 1.26 bits per heavy atom. The number of hydrogen-bond acceptors (Lipinski definition) is 4. The number of amides is 1. The third-order valence-electron chi connectivity index (χ3n) is 5.46. The first kappa shape index (κ1) is 24.3. The Morgan fingerprint density at radius 2 is 1.96 bits per heavy atom. The smallest absolute Gasteiger partial charge is 0.409 e. The van der Waals surface area contributed by atoms with E-state index in [0.717, 1.165) is 44.4 Å². The molecule has 2 N–H and O–H groups in total. The third kappa shape index (κ3) is 8.01. The normalized spacial score (nSPS) is 23.3. The minimum Gasteiger partial charge on any atom is -0.450 e. The Balaban J connectivity index is 0.00000364. The van der Waals surface area contributed by atoms with E-state index < -0.39 is 0 Å². The van der Waals surface area contributed by atoms with Crippen LogP contribution in [0, 0.1) is 5.92 Å². The number of hydrogen-bond donors (Lipinski definition) is 2. The maximum Gasteiger partial charge on any atom is 0.409 e. The maximum atomic E-state index is 11.8. The number of nitrogens with zero attached hydrogens (tertiary/aromatic N) is 3. The van der Waals surface area contributed by atoms with Crippen molar-refractivity contribution < 1.29 is 9.53 Å². The van der Waals surface area contributed by atoms with Gasteiger partial charge in [0.05, 0.1) is 6.61 Å². The number of halogens is 1. The van der Waals surface area contributed by atoms with Gasteiger partial charge >= 0.3 is 6.09 Å². The van der Waals surface area contributed by atoms with Crippen LogP contribution in [0.4, 0.5) is 4.79 Å². The average molecular weight is 495 g/mol. The average Bonchev–Trinajstić information content (AvgIpc) is 2.65. The number of carbonyl (C=O) groups is 1. The molecular weight excluding hydrogens is 457 g/mol. The van der Waals surface area contributed by atoms with Crippen LogP contribution in [0.3, 0.4) is 0 Å². The number of nitrogens with one attached hydrogen (secondary N) is 2. The van der Waals surface area contributed by atoms with Crippen LogP contribution in [0.1, 0.15) is 46.5 Å². The number of likely N-dealkylation sites (tertiary alicyclic amines) is 2. The summed E-state index contributed by atoms with van der Waals surface area (Å²) < 4.78 is 5.07. The van der Waals surface area contributed by atoms with Crippen molar-refractivity contribution in [3.63, 3.8) is 0 Å². The predicted molar refractivity (Wildman–Crippen MR) is 121 cm³/mol. The molecule has 2 aliphatic heterocycles. The number of carbonyl (C=O) groups excluding carboxylic acids is 1. The van der Waals surface area contributed by atoms with Gasteiger partial charge in [-0.1, -0.05) is 6.92 Å². The molecule has 0 radical (unpaired) electrons. The second kappa shape index (κ2) is 12.6. The molecule has 2 atom stereocenters. The molecular formula is C19H38IN5O2. The lowest BCUT2D eigenvalue weighted by molar-refractivity contribution is 0.0962. The van der Waals surface area contributed by atoms with Crippen molar-refractivity contribution in [3.8, 4) is 0 Å². The standard InChI is InChI=1S/C19H37N5O2.HI/c1-5-26-19(25)23-11-8-17(9-12-23)22-18(20-4)21-13-16(3)24-10-6-7-15(2)14-24;/h15-17H,5-14H2,1-4H3,(H2,20,21,22);1H. The highest BCUT2D eigenvalue weighted by Crippen LogP contribution is 2.17. The molecule has 0 spiro atoms. The molecule has 8 heteroatoms. The minimum absolute atomic E-state index is 0. The topological polar surface area (TPSA) is 69.2 Å². The first-order valence-electron chi connectivity index (χ1n) is 10.2. The summed E-state index contributed by atoms with van der Waals surface area (Å²) >= 11 is 0. The summed E-state index contributed by atoms with van der Waals surface area (Å²) in [6.07, 6.45) is 4.29. The molecule has 0 aliphatic carbocycles. The first-order valence-corrected chi connectivity index (χ1v) is 10.2. The quantitative estimate of drug-likeness (QED) is 0.349. The fourth-order valence-corrected chi connectivity index (χ4v) is 3.81. The zero-order valence-corrected chi connectivity index (χ0v) is 19.7. The lowest BCUT2D eigenvalue weighted by Gasteiger charge is -2.36. The van der Waals surface area contributed by atoms with Crippen LogP contribution in [-0.2, 0) is 4.74 Å². The summed E-state index contributed by atoms with van der Waals surface area (Å²) in [5, 5.41) is 6.98.